The molecule has 0 aliphatic rings. The molecule has 0 saturated heterocycles. The van der Waals surface area contributed by atoms with Crippen molar-refractivity contribution in [1.82, 2.24) is 10.2 Å². The number of para-hydroxylation sites is 1. The topological polar surface area (TPSA) is 44.4 Å². The summed E-state index contributed by atoms with van der Waals surface area (Å²) < 4.78 is 0. The van der Waals surface area contributed by atoms with Gasteiger partial charge in [0.2, 0.25) is 0 Å². The van der Waals surface area contributed by atoms with E-state index in [2.05, 4.69) is 41.5 Å². The molecule has 1 atom stereocenters. The summed E-state index contributed by atoms with van der Waals surface area (Å²) in [5.74, 6) is 0. The third-order valence-electron chi connectivity index (χ3n) is 3.93. The van der Waals surface area contributed by atoms with E-state index in [9.17, 15) is 4.79 Å². The monoisotopic (exact) mass is 311 g/mol. The summed E-state index contributed by atoms with van der Waals surface area (Å²) in [7, 11) is 0. The van der Waals surface area contributed by atoms with E-state index in [4.69, 9.17) is 0 Å². The fourth-order valence-corrected chi connectivity index (χ4v) is 2.68. The number of hydrogen-bond donors (Lipinski definition) is 2. The van der Waals surface area contributed by atoms with Gasteiger partial charge in [-0.3, -0.25) is 4.90 Å². The summed E-state index contributed by atoms with van der Waals surface area (Å²) in [5, 5.41) is 5.84. The molecule has 0 aliphatic heterocycles. The van der Waals surface area contributed by atoms with Crippen LogP contribution in [0.25, 0.3) is 0 Å². The summed E-state index contributed by atoms with van der Waals surface area (Å²) >= 11 is 0. The van der Waals surface area contributed by atoms with E-state index in [-0.39, 0.29) is 12.1 Å². The van der Waals surface area contributed by atoms with Crippen molar-refractivity contribution in [2.45, 2.75) is 19.9 Å². The van der Waals surface area contributed by atoms with Crippen LogP contribution >= 0.6 is 0 Å². The first-order valence-corrected chi connectivity index (χ1v) is 8.13. The number of urea groups is 1. The standard InChI is InChI=1S/C19H25N3O/c1-3-22(4-2)18(16-11-7-5-8-12-16)15-20-19(23)21-17-13-9-6-10-14-17/h5-14,18H,3-4,15H2,1-2H3,(H2,20,21,23). The normalized spacial score (nSPS) is 12.0. The molecule has 1 unspecified atom stereocenters. The Morgan fingerprint density at radius 2 is 1.52 bits per heavy atom. The molecule has 2 rings (SSSR count). The zero-order chi connectivity index (χ0) is 16.5. The molecule has 0 bridgehead atoms. The maximum absolute atomic E-state index is 12.1. The largest absolute Gasteiger partial charge is 0.336 e. The van der Waals surface area contributed by atoms with Crippen molar-refractivity contribution in [2.75, 3.05) is 25.0 Å². The van der Waals surface area contributed by atoms with E-state index < -0.39 is 0 Å². The molecule has 23 heavy (non-hydrogen) atoms. The van der Waals surface area contributed by atoms with Gasteiger partial charge in [-0.2, -0.15) is 0 Å². The fraction of sp³-hybridized carbons (Fsp3) is 0.316. The van der Waals surface area contributed by atoms with Crippen LogP contribution in [0.1, 0.15) is 25.5 Å². The quantitative estimate of drug-likeness (QED) is 0.815. The van der Waals surface area contributed by atoms with Crippen molar-refractivity contribution in [3.8, 4) is 0 Å². The summed E-state index contributed by atoms with van der Waals surface area (Å²) in [6, 6.07) is 19.8. The maximum atomic E-state index is 12.1. The number of carbonyl (C=O) groups is 1. The van der Waals surface area contributed by atoms with Gasteiger partial charge in [0.1, 0.15) is 0 Å². The van der Waals surface area contributed by atoms with Gasteiger partial charge in [0, 0.05) is 12.2 Å². The highest BCUT2D eigenvalue weighted by Gasteiger charge is 2.18. The van der Waals surface area contributed by atoms with Gasteiger partial charge in [-0.15, -0.1) is 0 Å². The molecule has 2 aromatic carbocycles. The van der Waals surface area contributed by atoms with Gasteiger partial charge >= 0.3 is 6.03 Å². The van der Waals surface area contributed by atoms with Crippen LogP contribution in [0, 0.1) is 0 Å². The van der Waals surface area contributed by atoms with E-state index in [0.717, 1.165) is 18.8 Å². The minimum Gasteiger partial charge on any atom is -0.336 e. The number of hydrogen-bond acceptors (Lipinski definition) is 2. The lowest BCUT2D eigenvalue weighted by atomic mass is 10.1. The van der Waals surface area contributed by atoms with Gasteiger partial charge in [0.25, 0.3) is 0 Å². The summed E-state index contributed by atoms with van der Waals surface area (Å²) in [5.41, 5.74) is 2.01. The van der Waals surface area contributed by atoms with Crippen LogP contribution in [0.4, 0.5) is 10.5 Å². The zero-order valence-electron chi connectivity index (χ0n) is 13.8. The number of anilines is 1. The Bertz CT molecular complexity index is 582. The molecule has 0 fully saturated rings. The predicted molar refractivity (Wildman–Crippen MR) is 95.6 cm³/mol. The Labute approximate surface area is 138 Å². The van der Waals surface area contributed by atoms with Gasteiger partial charge in [-0.1, -0.05) is 62.4 Å². The van der Waals surface area contributed by atoms with Crippen LogP contribution in [0.3, 0.4) is 0 Å². The molecule has 2 amide bonds. The number of nitrogens with one attached hydrogen (secondary N) is 2. The number of amides is 2. The van der Waals surface area contributed by atoms with E-state index in [1.807, 2.05) is 48.5 Å². The van der Waals surface area contributed by atoms with Crippen LogP contribution in [-0.4, -0.2) is 30.6 Å². The molecule has 2 aromatic rings. The van der Waals surface area contributed by atoms with Crippen molar-refractivity contribution < 1.29 is 4.79 Å². The first-order valence-electron chi connectivity index (χ1n) is 8.13. The first-order chi connectivity index (χ1) is 11.2. The highest BCUT2D eigenvalue weighted by atomic mass is 16.2. The SMILES string of the molecule is CCN(CC)C(CNC(=O)Nc1ccccc1)c1ccccc1. The number of nitrogens with zero attached hydrogens (tertiary/aromatic N) is 1. The molecule has 0 radical (unpaired) electrons. The van der Waals surface area contributed by atoms with Crippen LogP contribution in [0.5, 0.6) is 0 Å². The Hall–Kier alpha value is -2.33. The minimum atomic E-state index is -0.177. The smallest absolute Gasteiger partial charge is 0.319 e. The maximum Gasteiger partial charge on any atom is 0.319 e. The van der Waals surface area contributed by atoms with Gasteiger partial charge in [-0.25, -0.2) is 4.79 Å². The second kappa shape index (κ2) is 8.96. The molecule has 4 heteroatoms. The molecular formula is C19H25N3O. The zero-order valence-corrected chi connectivity index (χ0v) is 13.8. The summed E-state index contributed by atoms with van der Waals surface area (Å²) in [4.78, 5) is 14.5. The number of carbonyl (C=O) groups excluding carboxylic acids is 1. The number of benzene rings is 2. The Morgan fingerprint density at radius 3 is 2.09 bits per heavy atom. The third kappa shape index (κ3) is 5.11. The van der Waals surface area contributed by atoms with Crippen molar-refractivity contribution in [3.63, 3.8) is 0 Å². The van der Waals surface area contributed by atoms with Gasteiger partial charge in [0.15, 0.2) is 0 Å². The summed E-state index contributed by atoms with van der Waals surface area (Å²) in [6.45, 7) is 6.74. The van der Waals surface area contributed by atoms with Gasteiger partial charge in [-0.05, 0) is 30.8 Å². The lowest BCUT2D eigenvalue weighted by Crippen LogP contribution is -2.39. The van der Waals surface area contributed by atoms with E-state index in [1.165, 1.54) is 5.56 Å². The number of rotatable bonds is 7. The minimum absolute atomic E-state index is 0.174. The lowest BCUT2D eigenvalue weighted by Gasteiger charge is -2.30. The molecule has 0 aromatic heterocycles. The average molecular weight is 311 g/mol. The Balaban J connectivity index is 1.99. The molecule has 0 spiro atoms. The third-order valence-corrected chi connectivity index (χ3v) is 3.93. The highest BCUT2D eigenvalue weighted by Crippen LogP contribution is 2.19. The van der Waals surface area contributed by atoms with Crippen molar-refractivity contribution in [3.05, 3.63) is 66.2 Å². The molecule has 2 N–H and O–H groups in total. The molecule has 0 saturated carbocycles. The summed E-state index contributed by atoms with van der Waals surface area (Å²) in [6.07, 6.45) is 0. The van der Waals surface area contributed by atoms with Gasteiger partial charge < -0.3 is 10.6 Å². The number of likely N-dealkylation sites (N-methyl/N-ethyl adjacent to an activating group) is 1. The molecular weight excluding hydrogens is 286 g/mol. The van der Waals surface area contributed by atoms with Crippen molar-refractivity contribution >= 4 is 11.7 Å². The van der Waals surface area contributed by atoms with Crippen LogP contribution < -0.4 is 10.6 Å². The van der Waals surface area contributed by atoms with Crippen molar-refractivity contribution in [2.24, 2.45) is 0 Å². The van der Waals surface area contributed by atoms with Gasteiger partial charge in [0.05, 0.1) is 6.04 Å². The van der Waals surface area contributed by atoms with Crippen LogP contribution in [-0.2, 0) is 0 Å². The first kappa shape index (κ1) is 17.0. The molecule has 122 valence electrons. The fourth-order valence-electron chi connectivity index (χ4n) is 2.68. The Morgan fingerprint density at radius 1 is 0.957 bits per heavy atom. The van der Waals surface area contributed by atoms with E-state index >= 15 is 0 Å². The highest BCUT2D eigenvalue weighted by molar-refractivity contribution is 5.89. The van der Waals surface area contributed by atoms with E-state index in [1.54, 1.807) is 0 Å². The molecule has 0 heterocycles. The predicted octanol–water partition coefficient (Wildman–Crippen LogP) is 3.89. The second-order valence-electron chi connectivity index (χ2n) is 5.35. The Kier molecular flexibility index (Phi) is 6.63. The second-order valence-corrected chi connectivity index (χ2v) is 5.35. The molecule has 4 nitrogen and oxygen atoms in total. The van der Waals surface area contributed by atoms with Crippen LogP contribution in [0.2, 0.25) is 0 Å². The van der Waals surface area contributed by atoms with Crippen LogP contribution in [0.15, 0.2) is 60.7 Å². The molecule has 0 aliphatic carbocycles. The van der Waals surface area contributed by atoms with E-state index in [0.29, 0.717) is 6.54 Å². The average Bonchev–Trinajstić information content (AvgIpc) is 2.60. The lowest BCUT2D eigenvalue weighted by molar-refractivity contribution is 0.210. The van der Waals surface area contributed by atoms with Crippen molar-refractivity contribution in [1.29, 1.82) is 0 Å².